The van der Waals surface area contributed by atoms with Crippen LogP contribution in [0, 0.1) is 11.7 Å². The maximum Gasteiger partial charge on any atom is 0.249 e. The molecule has 0 N–H and O–H groups in total. The van der Waals surface area contributed by atoms with Crippen molar-refractivity contribution in [3.05, 3.63) is 18.2 Å². The van der Waals surface area contributed by atoms with E-state index < -0.39 is 5.82 Å². The number of anilines is 1. The number of ether oxygens (including phenoxy) is 1. The Labute approximate surface area is 120 Å². The van der Waals surface area contributed by atoms with Gasteiger partial charge in [-0.3, -0.25) is 14.5 Å². The van der Waals surface area contributed by atoms with Gasteiger partial charge in [-0.2, -0.15) is 0 Å². The highest BCUT2D eigenvalue weighted by molar-refractivity contribution is 5.96. The zero-order valence-corrected chi connectivity index (χ0v) is 11.4. The topological polar surface area (TPSA) is 75.6 Å². The molecule has 3 rings (SSSR count). The normalized spacial score (nSPS) is 22.7. The quantitative estimate of drug-likeness (QED) is 0.757. The van der Waals surface area contributed by atoms with Gasteiger partial charge in [-0.25, -0.2) is 14.4 Å². The first kappa shape index (κ1) is 13.9. The van der Waals surface area contributed by atoms with Gasteiger partial charge in [0.25, 0.3) is 0 Å². The van der Waals surface area contributed by atoms with Crippen LogP contribution in [0.2, 0.25) is 0 Å². The molecule has 8 heteroatoms. The fourth-order valence-corrected chi connectivity index (χ4v) is 2.51. The highest BCUT2D eigenvalue weighted by atomic mass is 19.1. The van der Waals surface area contributed by atoms with Crippen LogP contribution in [0.4, 0.5) is 10.3 Å². The Morgan fingerprint density at radius 3 is 2.71 bits per heavy atom. The van der Waals surface area contributed by atoms with Crippen molar-refractivity contribution in [2.24, 2.45) is 5.92 Å². The maximum atomic E-state index is 12.8. The summed E-state index contributed by atoms with van der Waals surface area (Å²) in [6, 6.07) is 0. The van der Waals surface area contributed by atoms with Gasteiger partial charge in [-0.05, 0) is 6.42 Å². The van der Waals surface area contributed by atoms with Gasteiger partial charge in [0.1, 0.15) is 6.54 Å². The zero-order valence-electron chi connectivity index (χ0n) is 11.4. The Bertz CT molecular complexity index is 545. The van der Waals surface area contributed by atoms with Crippen molar-refractivity contribution in [3.8, 4) is 0 Å². The summed E-state index contributed by atoms with van der Waals surface area (Å²) >= 11 is 0. The van der Waals surface area contributed by atoms with Gasteiger partial charge in [-0.15, -0.1) is 0 Å². The van der Waals surface area contributed by atoms with E-state index in [0.29, 0.717) is 32.7 Å². The summed E-state index contributed by atoms with van der Waals surface area (Å²) in [7, 11) is 0. The first-order chi connectivity index (χ1) is 10.1. The SMILES string of the molecule is O=C(C1CCOC1)N1CCN(c2ncc(F)cn2)C(=O)C1. The third-order valence-electron chi connectivity index (χ3n) is 3.66. The van der Waals surface area contributed by atoms with Gasteiger partial charge in [0.2, 0.25) is 17.8 Å². The molecule has 0 spiro atoms. The number of halogens is 1. The number of hydrogen-bond acceptors (Lipinski definition) is 5. The van der Waals surface area contributed by atoms with Crippen molar-refractivity contribution >= 4 is 17.8 Å². The molecule has 2 aliphatic rings. The maximum absolute atomic E-state index is 12.8. The van der Waals surface area contributed by atoms with E-state index in [-0.39, 0.29) is 30.2 Å². The van der Waals surface area contributed by atoms with Crippen LogP contribution in [0.15, 0.2) is 12.4 Å². The lowest BCUT2D eigenvalue weighted by Crippen LogP contribution is -2.54. The van der Waals surface area contributed by atoms with Crippen LogP contribution in [-0.4, -0.2) is 59.5 Å². The first-order valence-electron chi connectivity index (χ1n) is 6.79. The van der Waals surface area contributed by atoms with Crippen LogP contribution in [0.25, 0.3) is 0 Å². The van der Waals surface area contributed by atoms with Gasteiger partial charge >= 0.3 is 0 Å². The fraction of sp³-hybridized carbons (Fsp3) is 0.538. The molecule has 0 aliphatic carbocycles. The molecule has 21 heavy (non-hydrogen) atoms. The van der Waals surface area contributed by atoms with Crippen LogP contribution in [0.5, 0.6) is 0 Å². The van der Waals surface area contributed by atoms with Crippen molar-refractivity contribution in [2.45, 2.75) is 6.42 Å². The van der Waals surface area contributed by atoms with Crippen LogP contribution in [-0.2, 0) is 14.3 Å². The minimum absolute atomic E-state index is 0.00390. The summed E-state index contributed by atoms with van der Waals surface area (Å²) in [6.45, 7) is 1.74. The number of carbonyl (C=O) groups excluding carboxylic acids is 2. The van der Waals surface area contributed by atoms with Crippen molar-refractivity contribution in [1.82, 2.24) is 14.9 Å². The highest BCUT2D eigenvalue weighted by Gasteiger charge is 2.34. The monoisotopic (exact) mass is 294 g/mol. The predicted molar refractivity (Wildman–Crippen MR) is 69.8 cm³/mol. The Hall–Kier alpha value is -2.09. The van der Waals surface area contributed by atoms with E-state index in [1.165, 1.54) is 4.90 Å². The second-order valence-electron chi connectivity index (χ2n) is 5.07. The molecule has 7 nitrogen and oxygen atoms in total. The summed E-state index contributed by atoms with van der Waals surface area (Å²) < 4.78 is 18.0. The fourth-order valence-electron chi connectivity index (χ4n) is 2.51. The first-order valence-corrected chi connectivity index (χ1v) is 6.79. The number of nitrogens with zero attached hydrogens (tertiary/aromatic N) is 4. The molecule has 112 valence electrons. The van der Waals surface area contributed by atoms with Crippen LogP contribution < -0.4 is 4.90 Å². The Morgan fingerprint density at radius 1 is 1.33 bits per heavy atom. The van der Waals surface area contributed by atoms with E-state index in [0.717, 1.165) is 12.4 Å². The number of piperazine rings is 1. The molecule has 0 radical (unpaired) electrons. The molecular weight excluding hydrogens is 279 g/mol. The third kappa shape index (κ3) is 2.85. The smallest absolute Gasteiger partial charge is 0.249 e. The largest absolute Gasteiger partial charge is 0.381 e. The summed E-state index contributed by atoms with van der Waals surface area (Å²) in [4.78, 5) is 34.9. The highest BCUT2D eigenvalue weighted by Crippen LogP contribution is 2.18. The van der Waals surface area contributed by atoms with Crippen molar-refractivity contribution in [2.75, 3.05) is 37.7 Å². The number of hydrogen-bond donors (Lipinski definition) is 0. The molecule has 1 atom stereocenters. The molecule has 3 heterocycles. The van der Waals surface area contributed by atoms with E-state index in [1.54, 1.807) is 4.90 Å². The van der Waals surface area contributed by atoms with Crippen molar-refractivity contribution in [1.29, 1.82) is 0 Å². The number of aromatic nitrogens is 2. The predicted octanol–water partition coefficient (Wildman–Crippen LogP) is -0.173. The summed E-state index contributed by atoms with van der Waals surface area (Å²) in [6.07, 6.45) is 2.74. The number of rotatable bonds is 2. The standard InChI is InChI=1S/C13H15FN4O3/c14-10-5-15-13(16-6-10)18-3-2-17(7-11(18)19)12(20)9-1-4-21-8-9/h5-6,9H,1-4,7-8H2. The molecule has 2 saturated heterocycles. The Kier molecular flexibility index (Phi) is 3.78. The summed E-state index contributed by atoms with van der Waals surface area (Å²) in [5, 5.41) is 0. The third-order valence-corrected chi connectivity index (χ3v) is 3.66. The summed E-state index contributed by atoms with van der Waals surface area (Å²) in [5.74, 6) is -0.842. The van der Waals surface area contributed by atoms with Crippen LogP contribution in [0.1, 0.15) is 6.42 Å². The number of amides is 2. The molecule has 1 aromatic heterocycles. The van der Waals surface area contributed by atoms with Gasteiger partial charge in [0.05, 0.1) is 24.9 Å². The zero-order chi connectivity index (χ0) is 14.8. The van der Waals surface area contributed by atoms with Crippen LogP contribution >= 0.6 is 0 Å². The molecule has 1 unspecified atom stereocenters. The summed E-state index contributed by atoms with van der Waals surface area (Å²) in [5.41, 5.74) is 0. The van der Waals surface area contributed by atoms with Gasteiger partial charge in [-0.1, -0.05) is 0 Å². The molecule has 1 aromatic rings. The van der Waals surface area contributed by atoms with E-state index in [9.17, 15) is 14.0 Å². The second-order valence-corrected chi connectivity index (χ2v) is 5.07. The average Bonchev–Trinajstić information content (AvgIpc) is 3.02. The van der Waals surface area contributed by atoms with E-state index >= 15 is 0 Å². The van der Waals surface area contributed by atoms with E-state index in [1.807, 2.05) is 0 Å². The molecular formula is C13H15FN4O3. The van der Waals surface area contributed by atoms with Crippen molar-refractivity contribution in [3.63, 3.8) is 0 Å². The van der Waals surface area contributed by atoms with Crippen molar-refractivity contribution < 1.29 is 18.7 Å². The van der Waals surface area contributed by atoms with Gasteiger partial charge in [0.15, 0.2) is 5.82 Å². The average molecular weight is 294 g/mol. The minimum Gasteiger partial charge on any atom is -0.381 e. The van der Waals surface area contributed by atoms with E-state index in [4.69, 9.17) is 4.74 Å². The Balaban J connectivity index is 1.65. The number of carbonyl (C=O) groups is 2. The molecule has 0 bridgehead atoms. The Morgan fingerprint density at radius 2 is 2.10 bits per heavy atom. The van der Waals surface area contributed by atoms with Gasteiger partial charge < -0.3 is 9.64 Å². The minimum atomic E-state index is -0.554. The van der Waals surface area contributed by atoms with E-state index in [2.05, 4.69) is 9.97 Å². The van der Waals surface area contributed by atoms with Gasteiger partial charge in [0, 0.05) is 19.7 Å². The lowest BCUT2D eigenvalue weighted by atomic mass is 10.1. The lowest BCUT2D eigenvalue weighted by molar-refractivity contribution is -0.140. The second kappa shape index (κ2) is 5.72. The molecule has 2 aliphatic heterocycles. The van der Waals surface area contributed by atoms with Crippen LogP contribution in [0.3, 0.4) is 0 Å². The lowest BCUT2D eigenvalue weighted by Gasteiger charge is -2.34. The molecule has 2 fully saturated rings. The molecule has 2 amide bonds. The molecule has 0 saturated carbocycles. The molecule has 0 aromatic carbocycles.